The molecule has 2 aromatic rings. The number of aromatic nitrogens is 1. The molecular formula is C10H7ClF3N. The summed E-state index contributed by atoms with van der Waals surface area (Å²) in [4.78, 5) is 0. The van der Waals surface area contributed by atoms with Crippen LogP contribution in [0.1, 0.15) is 5.69 Å². The van der Waals surface area contributed by atoms with Crippen molar-refractivity contribution in [2.45, 2.75) is 6.18 Å². The molecule has 80 valence electrons. The molecule has 0 atom stereocenters. The van der Waals surface area contributed by atoms with E-state index in [0.29, 0.717) is 15.9 Å². The SMILES string of the molecule is Cn1c(C(F)(F)F)cc2cccc(Cl)c21. The van der Waals surface area contributed by atoms with Gasteiger partial charge in [0.2, 0.25) is 0 Å². The average Bonchev–Trinajstić information content (AvgIpc) is 2.44. The van der Waals surface area contributed by atoms with Crippen molar-refractivity contribution >= 4 is 22.5 Å². The summed E-state index contributed by atoms with van der Waals surface area (Å²) in [5, 5.41) is 0.822. The lowest BCUT2D eigenvalue weighted by molar-refractivity contribution is -0.142. The number of nitrogens with zero attached hydrogens (tertiary/aromatic N) is 1. The molecule has 0 aliphatic rings. The molecule has 0 spiro atoms. The number of hydrogen-bond donors (Lipinski definition) is 0. The molecule has 1 aromatic carbocycles. The van der Waals surface area contributed by atoms with E-state index >= 15 is 0 Å². The molecule has 0 bridgehead atoms. The zero-order valence-corrected chi connectivity index (χ0v) is 8.52. The Bertz CT molecular complexity index is 513. The second-order valence-electron chi connectivity index (χ2n) is 3.26. The Hall–Kier alpha value is -1.16. The Balaban J connectivity index is 2.82. The van der Waals surface area contributed by atoms with E-state index in [9.17, 15) is 13.2 Å². The van der Waals surface area contributed by atoms with Gasteiger partial charge in [-0.05, 0) is 12.1 Å². The Morgan fingerprint density at radius 2 is 1.93 bits per heavy atom. The first-order chi connectivity index (χ1) is 6.91. The quantitative estimate of drug-likeness (QED) is 0.651. The molecule has 0 amide bonds. The summed E-state index contributed by atoms with van der Waals surface area (Å²) in [5.41, 5.74) is -0.280. The van der Waals surface area contributed by atoms with Gasteiger partial charge in [0.05, 0.1) is 10.5 Å². The van der Waals surface area contributed by atoms with Gasteiger partial charge in [-0.25, -0.2) is 0 Å². The van der Waals surface area contributed by atoms with Crippen LogP contribution in [0.25, 0.3) is 10.9 Å². The van der Waals surface area contributed by atoms with Gasteiger partial charge in [0.25, 0.3) is 0 Å². The molecule has 1 heterocycles. The summed E-state index contributed by atoms with van der Waals surface area (Å²) in [6, 6.07) is 5.91. The molecular weight excluding hydrogens is 227 g/mol. The molecule has 15 heavy (non-hydrogen) atoms. The lowest BCUT2D eigenvalue weighted by atomic mass is 10.2. The standard InChI is InChI=1S/C10H7ClF3N/c1-15-8(10(12,13)14)5-6-3-2-4-7(11)9(6)15/h2-5H,1H3. The molecule has 0 unspecified atom stereocenters. The number of benzene rings is 1. The second-order valence-corrected chi connectivity index (χ2v) is 3.67. The fourth-order valence-electron chi connectivity index (χ4n) is 1.64. The van der Waals surface area contributed by atoms with Crippen LogP contribution in [0, 0.1) is 0 Å². The van der Waals surface area contributed by atoms with E-state index < -0.39 is 11.9 Å². The van der Waals surface area contributed by atoms with Crippen LogP contribution >= 0.6 is 11.6 Å². The van der Waals surface area contributed by atoms with Crippen LogP contribution < -0.4 is 0 Å². The minimum atomic E-state index is -4.35. The minimum Gasteiger partial charge on any atom is -0.339 e. The van der Waals surface area contributed by atoms with Gasteiger partial charge in [-0.2, -0.15) is 13.2 Å². The minimum absolute atomic E-state index is 0.325. The predicted molar refractivity (Wildman–Crippen MR) is 52.9 cm³/mol. The van der Waals surface area contributed by atoms with E-state index in [0.717, 1.165) is 10.6 Å². The van der Waals surface area contributed by atoms with Crippen molar-refractivity contribution in [3.05, 3.63) is 35.0 Å². The topological polar surface area (TPSA) is 4.93 Å². The van der Waals surface area contributed by atoms with Crippen molar-refractivity contribution in [2.75, 3.05) is 0 Å². The molecule has 0 aliphatic carbocycles. The van der Waals surface area contributed by atoms with Crippen molar-refractivity contribution in [3.63, 3.8) is 0 Å². The van der Waals surface area contributed by atoms with E-state index in [2.05, 4.69) is 0 Å². The van der Waals surface area contributed by atoms with Gasteiger partial charge in [0.15, 0.2) is 0 Å². The third-order valence-corrected chi connectivity index (χ3v) is 2.60. The molecule has 0 N–H and O–H groups in total. The van der Waals surface area contributed by atoms with Crippen molar-refractivity contribution in [2.24, 2.45) is 7.05 Å². The summed E-state index contributed by atoms with van der Waals surface area (Å²) in [6.45, 7) is 0. The maximum absolute atomic E-state index is 12.6. The highest BCUT2D eigenvalue weighted by atomic mass is 35.5. The van der Waals surface area contributed by atoms with Crippen molar-refractivity contribution in [1.29, 1.82) is 0 Å². The number of aryl methyl sites for hydroxylation is 1. The molecule has 0 saturated carbocycles. The number of para-hydroxylation sites is 1. The smallest absolute Gasteiger partial charge is 0.339 e. The van der Waals surface area contributed by atoms with Gasteiger partial charge in [-0.15, -0.1) is 0 Å². The molecule has 2 rings (SSSR count). The fourth-order valence-corrected chi connectivity index (χ4v) is 1.95. The van der Waals surface area contributed by atoms with Gasteiger partial charge >= 0.3 is 6.18 Å². The Labute approximate surface area is 89.1 Å². The van der Waals surface area contributed by atoms with E-state index in [-0.39, 0.29) is 0 Å². The van der Waals surface area contributed by atoms with Gasteiger partial charge in [0.1, 0.15) is 5.69 Å². The third-order valence-electron chi connectivity index (χ3n) is 2.30. The molecule has 0 fully saturated rings. The van der Waals surface area contributed by atoms with Crippen LogP contribution in [0.15, 0.2) is 24.3 Å². The molecule has 0 radical (unpaired) electrons. The Kier molecular flexibility index (Phi) is 2.19. The zero-order valence-electron chi connectivity index (χ0n) is 7.77. The summed E-state index contributed by atoms with van der Waals surface area (Å²) < 4.78 is 38.7. The number of halogens is 4. The van der Waals surface area contributed by atoms with Gasteiger partial charge < -0.3 is 4.57 Å². The number of rotatable bonds is 0. The molecule has 1 nitrogen and oxygen atoms in total. The lowest BCUT2D eigenvalue weighted by Crippen LogP contribution is -2.10. The molecule has 0 aliphatic heterocycles. The molecule has 0 saturated heterocycles. The molecule has 1 aromatic heterocycles. The monoisotopic (exact) mass is 233 g/mol. The second kappa shape index (κ2) is 3.17. The van der Waals surface area contributed by atoms with Crippen LogP contribution in [0.5, 0.6) is 0 Å². The van der Waals surface area contributed by atoms with E-state index in [1.165, 1.54) is 7.05 Å². The predicted octanol–water partition coefficient (Wildman–Crippen LogP) is 3.85. The van der Waals surface area contributed by atoms with Gasteiger partial charge in [-0.1, -0.05) is 23.7 Å². The number of alkyl halides is 3. The van der Waals surface area contributed by atoms with Crippen LogP contribution in [0.3, 0.4) is 0 Å². The van der Waals surface area contributed by atoms with E-state index in [1.807, 2.05) is 0 Å². The highest BCUT2D eigenvalue weighted by Crippen LogP contribution is 2.35. The fraction of sp³-hybridized carbons (Fsp3) is 0.200. The van der Waals surface area contributed by atoms with Crippen LogP contribution in [-0.2, 0) is 13.2 Å². The first-order valence-electron chi connectivity index (χ1n) is 4.22. The first-order valence-corrected chi connectivity index (χ1v) is 4.60. The first kappa shape index (κ1) is 10.4. The average molecular weight is 234 g/mol. The summed E-state index contributed by atoms with van der Waals surface area (Å²) in [7, 11) is 1.36. The van der Waals surface area contributed by atoms with Gasteiger partial charge in [0, 0.05) is 12.4 Å². The normalized spacial score (nSPS) is 12.3. The van der Waals surface area contributed by atoms with Crippen LogP contribution in [0.4, 0.5) is 13.2 Å². The maximum Gasteiger partial charge on any atom is 0.431 e. The summed E-state index contributed by atoms with van der Waals surface area (Å²) >= 11 is 5.84. The van der Waals surface area contributed by atoms with Crippen LogP contribution in [0.2, 0.25) is 5.02 Å². The highest BCUT2D eigenvalue weighted by Gasteiger charge is 2.34. The number of hydrogen-bond acceptors (Lipinski definition) is 0. The van der Waals surface area contributed by atoms with Crippen molar-refractivity contribution < 1.29 is 13.2 Å². The zero-order chi connectivity index (χ0) is 11.2. The van der Waals surface area contributed by atoms with E-state index in [4.69, 9.17) is 11.6 Å². The number of fused-ring (bicyclic) bond motifs is 1. The van der Waals surface area contributed by atoms with E-state index in [1.54, 1.807) is 18.2 Å². The van der Waals surface area contributed by atoms with Crippen molar-refractivity contribution in [1.82, 2.24) is 4.57 Å². The molecule has 5 heteroatoms. The highest BCUT2D eigenvalue weighted by molar-refractivity contribution is 6.35. The third kappa shape index (κ3) is 1.59. The maximum atomic E-state index is 12.6. The largest absolute Gasteiger partial charge is 0.431 e. The Morgan fingerprint density at radius 1 is 1.27 bits per heavy atom. The lowest BCUT2D eigenvalue weighted by Gasteiger charge is -2.07. The summed E-state index contributed by atoms with van der Waals surface area (Å²) in [5.74, 6) is 0. The van der Waals surface area contributed by atoms with Crippen LogP contribution in [-0.4, -0.2) is 4.57 Å². The Morgan fingerprint density at radius 3 is 2.47 bits per heavy atom. The summed E-state index contributed by atoms with van der Waals surface area (Å²) in [6.07, 6.45) is -4.35. The van der Waals surface area contributed by atoms with Crippen molar-refractivity contribution in [3.8, 4) is 0 Å². The van der Waals surface area contributed by atoms with Gasteiger partial charge in [-0.3, -0.25) is 0 Å².